The van der Waals surface area contributed by atoms with Crippen molar-refractivity contribution in [3.63, 3.8) is 0 Å². The van der Waals surface area contributed by atoms with Crippen LogP contribution in [0.5, 0.6) is 0 Å². The maximum absolute atomic E-state index is 11.2. The molecule has 0 unspecified atom stereocenters. The third kappa shape index (κ3) is 3.43. The summed E-state index contributed by atoms with van der Waals surface area (Å²) in [5, 5.41) is 13.7. The highest BCUT2D eigenvalue weighted by molar-refractivity contribution is 6.76. The summed E-state index contributed by atoms with van der Waals surface area (Å²) in [7, 11) is -1.13. The number of pyridine rings is 1. The van der Waals surface area contributed by atoms with Crippen molar-refractivity contribution in [2.24, 2.45) is 0 Å². The Morgan fingerprint density at radius 3 is 2.85 bits per heavy atom. The smallest absolute Gasteiger partial charge is 0.357 e. The zero-order valence-corrected chi connectivity index (χ0v) is 13.0. The molecule has 0 fully saturated rings. The molecule has 0 aromatic carbocycles. The molecule has 7 heteroatoms. The van der Waals surface area contributed by atoms with Crippen LogP contribution in [0.3, 0.4) is 0 Å². The van der Waals surface area contributed by atoms with Gasteiger partial charge in [-0.15, -0.1) is 0 Å². The van der Waals surface area contributed by atoms with Gasteiger partial charge in [-0.3, -0.25) is 0 Å². The van der Waals surface area contributed by atoms with E-state index in [0.717, 1.165) is 6.04 Å². The number of hydrogen-bond donors (Lipinski definition) is 1. The molecule has 0 radical (unpaired) electrons. The van der Waals surface area contributed by atoms with Crippen LogP contribution in [0.2, 0.25) is 25.7 Å². The van der Waals surface area contributed by atoms with E-state index in [-0.39, 0.29) is 12.4 Å². The summed E-state index contributed by atoms with van der Waals surface area (Å²) >= 11 is 0. The van der Waals surface area contributed by atoms with E-state index in [1.807, 2.05) is 0 Å². The zero-order valence-electron chi connectivity index (χ0n) is 12.0. The number of aromatic carboxylic acids is 1. The van der Waals surface area contributed by atoms with Gasteiger partial charge in [0.2, 0.25) is 0 Å². The number of nitrogens with zero attached hydrogens (tertiary/aromatic N) is 3. The summed E-state index contributed by atoms with van der Waals surface area (Å²) < 4.78 is 7.10. The summed E-state index contributed by atoms with van der Waals surface area (Å²) in [6.07, 6.45) is 1.62. The molecule has 0 saturated carbocycles. The van der Waals surface area contributed by atoms with Crippen LogP contribution in [-0.2, 0) is 11.5 Å². The Bertz CT molecular complexity index is 619. The average Bonchev–Trinajstić information content (AvgIpc) is 2.73. The van der Waals surface area contributed by atoms with E-state index in [9.17, 15) is 4.79 Å². The number of fused-ring (bicyclic) bond motifs is 1. The number of ether oxygens (including phenoxy) is 1. The van der Waals surface area contributed by atoms with Gasteiger partial charge in [0.1, 0.15) is 6.73 Å². The van der Waals surface area contributed by atoms with Crippen molar-refractivity contribution >= 4 is 25.1 Å². The second-order valence-electron chi connectivity index (χ2n) is 5.88. The van der Waals surface area contributed by atoms with Gasteiger partial charge in [0.25, 0.3) is 0 Å². The van der Waals surface area contributed by atoms with Crippen molar-refractivity contribution < 1.29 is 14.6 Å². The molecule has 0 amide bonds. The first kappa shape index (κ1) is 14.7. The van der Waals surface area contributed by atoms with E-state index in [0.29, 0.717) is 17.6 Å². The van der Waals surface area contributed by atoms with E-state index in [1.54, 1.807) is 18.3 Å². The number of aromatic nitrogens is 3. The van der Waals surface area contributed by atoms with Crippen molar-refractivity contribution in [1.82, 2.24) is 14.8 Å². The molecule has 20 heavy (non-hydrogen) atoms. The minimum Gasteiger partial charge on any atom is -0.476 e. The van der Waals surface area contributed by atoms with Gasteiger partial charge >= 0.3 is 5.97 Å². The standard InChI is InChI=1S/C13H19N3O3Si/c1-20(2,3)8-7-19-9-16-12-10(5-4-6-14-12)11(15-16)13(17)18/h4-6H,7-9H2,1-3H3,(H,17,18). The molecule has 0 saturated heterocycles. The highest BCUT2D eigenvalue weighted by atomic mass is 28.3. The molecular formula is C13H19N3O3Si. The zero-order chi connectivity index (χ0) is 14.8. The van der Waals surface area contributed by atoms with Crippen LogP contribution in [-0.4, -0.2) is 40.5 Å². The summed E-state index contributed by atoms with van der Waals surface area (Å²) in [5.41, 5.74) is 0.555. The second kappa shape index (κ2) is 5.72. The highest BCUT2D eigenvalue weighted by Crippen LogP contribution is 2.16. The van der Waals surface area contributed by atoms with Crippen LogP contribution in [0.1, 0.15) is 10.5 Å². The minimum absolute atomic E-state index is 0.0156. The summed E-state index contributed by atoms with van der Waals surface area (Å²) in [5.74, 6) is -1.05. The van der Waals surface area contributed by atoms with Crippen LogP contribution in [0.15, 0.2) is 18.3 Å². The van der Waals surface area contributed by atoms with Gasteiger partial charge in [-0.05, 0) is 18.2 Å². The van der Waals surface area contributed by atoms with Gasteiger partial charge < -0.3 is 9.84 Å². The third-order valence-electron chi connectivity index (χ3n) is 2.92. The largest absolute Gasteiger partial charge is 0.476 e. The Morgan fingerprint density at radius 1 is 1.45 bits per heavy atom. The molecule has 108 valence electrons. The molecule has 1 N–H and O–H groups in total. The fraction of sp³-hybridized carbons (Fsp3) is 0.462. The molecule has 2 aromatic heterocycles. The Balaban J connectivity index is 2.12. The lowest BCUT2D eigenvalue weighted by atomic mass is 10.3. The Hall–Kier alpha value is -1.73. The fourth-order valence-electron chi connectivity index (χ4n) is 1.79. The third-order valence-corrected chi connectivity index (χ3v) is 4.62. The van der Waals surface area contributed by atoms with Crippen LogP contribution in [0.4, 0.5) is 0 Å². The van der Waals surface area contributed by atoms with E-state index in [1.165, 1.54) is 4.68 Å². The number of carboxylic acid groups (broad SMARTS) is 1. The first-order valence-corrected chi connectivity index (χ1v) is 10.2. The van der Waals surface area contributed by atoms with Gasteiger partial charge in [0.15, 0.2) is 11.3 Å². The number of rotatable bonds is 6. The van der Waals surface area contributed by atoms with Gasteiger partial charge in [-0.1, -0.05) is 19.6 Å². The fourth-order valence-corrected chi connectivity index (χ4v) is 2.54. The molecule has 0 aliphatic heterocycles. The molecule has 0 atom stereocenters. The lowest BCUT2D eigenvalue weighted by Crippen LogP contribution is -2.22. The number of carboxylic acids is 1. The first-order valence-electron chi connectivity index (χ1n) is 6.51. The average molecular weight is 293 g/mol. The van der Waals surface area contributed by atoms with Crippen molar-refractivity contribution in [2.45, 2.75) is 32.4 Å². The molecule has 0 aliphatic carbocycles. The molecular weight excluding hydrogens is 274 g/mol. The molecule has 2 heterocycles. The van der Waals surface area contributed by atoms with Gasteiger partial charge in [-0.25, -0.2) is 14.5 Å². The van der Waals surface area contributed by atoms with E-state index in [2.05, 4.69) is 29.7 Å². The van der Waals surface area contributed by atoms with Crippen LogP contribution < -0.4 is 0 Å². The monoisotopic (exact) mass is 293 g/mol. The Labute approximate surface area is 118 Å². The summed E-state index contributed by atoms with van der Waals surface area (Å²) in [6.45, 7) is 7.73. The molecule has 0 aliphatic rings. The molecule has 2 rings (SSSR count). The van der Waals surface area contributed by atoms with Gasteiger partial charge in [0.05, 0.1) is 5.39 Å². The lowest BCUT2D eigenvalue weighted by Gasteiger charge is -2.15. The summed E-state index contributed by atoms with van der Waals surface area (Å²) in [4.78, 5) is 15.3. The van der Waals surface area contributed by atoms with Crippen molar-refractivity contribution in [2.75, 3.05) is 6.61 Å². The quantitative estimate of drug-likeness (QED) is 0.654. The maximum atomic E-state index is 11.2. The lowest BCUT2D eigenvalue weighted by molar-refractivity contribution is 0.0676. The SMILES string of the molecule is C[Si](C)(C)CCOCn1nc(C(=O)O)c2cccnc21. The normalized spacial score (nSPS) is 11.9. The molecule has 0 bridgehead atoms. The predicted octanol–water partition coefficient (Wildman–Crippen LogP) is 2.44. The number of hydrogen-bond acceptors (Lipinski definition) is 4. The Kier molecular flexibility index (Phi) is 4.19. The van der Waals surface area contributed by atoms with Crippen LogP contribution in [0.25, 0.3) is 11.0 Å². The minimum atomic E-state index is -1.13. The van der Waals surface area contributed by atoms with Crippen molar-refractivity contribution in [1.29, 1.82) is 0 Å². The van der Waals surface area contributed by atoms with Crippen molar-refractivity contribution in [3.05, 3.63) is 24.0 Å². The Morgan fingerprint density at radius 2 is 2.20 bits per heavy atom. The van der Waals surface area contributed by atoms with E-state index >= 15 is 0 Å². The second-order valence-corrected chi connectivity index (χ2v) is 11.5. The first-order chi connectivity index (χ1) is 9.38. The van der Waals surface area contributed by atoms with Crippen LogP contribution in [0, 0.1) is 0 Å². The van der Waals surface area contributed by atoms with E-state index < -0.39 is 14.0 Å². The molecule has 6 nitrogen and oxygen atoms in total. The number of carbonyl (C=O) groups is 1. The highest BCUT2D eigenvalue weighted by Gasteiger charge is 2.17. The maximum Gasteiger partial charge on any atom is 0.357 e. The molecule has 0 spiro atoms. The topological polar surface area (TPSA) is 77.2 Å². The summed E-state index contributed by atoms with van der Waals surface area (Å²) in [6, 6.07) is 4.47. The molecule has 2 aromatic rings. The van der Waals surface area contributed by atoms with Gasteiger partial charge in [0, 0.05) is 20.9 Å². The van der Waals surface area contributed by atoms with E-state index in [4.69, 9.17) is 9.84 Å². The predicted molar refractivity (Wildman–Crippen MR) is 78.6 cm³/mol. The van der Waals surface area contributed by atoms with Gasteiger partial charge in [-0.2, -0.15) is 5.10 Å². The van der Waals surface area contributed by atoms with Crippen LogP contribution >= 0.6 is 0 Å². The van der Waals surface area contributed by atoms with Crippen molar-refractivity contribution in [3.8, 4) is 0 Å².